The smallest absolute Gasteiger partial charge is 0.0870 e. The second-order valence-electron chi connectivity index (χ2n) is 4.75. The summed E-state index contributed by atoms with van der Waals surface area (Å²) in [4.78, 5) is 0. The van der Waals surface area contributed by atoms with Crippen LogP contribution >= 0.6 is 11.6 Å². The number of benzene rings is 1. The van der Waals surface area contributed by atoms with Gasteiger partial charge < -0.3 is 10.1 Å². The summed E-state index contributed by atoms with van der Waals surface area (Å²) >= 11 is 6.13. The van der Waals surface area contributed by atoms with Crippen molar-refractivity contribution in [3.63, 3.8) is 0 Å². The van der Waals surface area contributed by atoms with Crippen LogP contribution in [-0.2, 0) is 4.74 Å². The van der Waals surface area contributed by atoms with Crippen LogP contribution in [0.5, 0.6) is 0 Å². The van der Waals surface area contributed by atoms with E-state index in [1.54, 1.807) is 0 Å². The molecule has 1 unspecified atom stereocenters. The summed E-state index contributed by atoms with van der Waals surface area (Å²) in [6, 6.07) is 8.25. The van der Waals surface area contributed by atoms with Gasteiger partial charge in [0, 0.05) is 11.6 Å². The van der Waals surface area contributed by atoms with Crippen LogP contribution in [0.3, 0.4) is 0 Å². The van der Waals surface area contributed by atoms with Crippen molar-refractivity contribution in [3.05, 3.63) is 34.9 Å². The zero-order valence-electron chi connectivity index (χ0n) is 12.5. The number of nitrogens with one attached hydrogen (secondary N) is 1. The summed E-state index contributed by atoms with van der Waals surface area (Å²) in [6.07, 6.45) is 1.95. The van der Waals surface area contributed by atoms with Gasteiger partial charge in [0.15, 0.2) is 0 Å². The summed E-state index contributed by atoms with van der Waals surface area (Å²) in [5, 5.41) is 4.35. The Morgan fingerprint density at radius 1 is 1.21 bits per heavy atom. The van der Waals surface area contributed by atoms with E-state index in [9.17, 15) is 0 Å². The average molecular weight is 284 g/mol. The molecule has 19 heavy (non-hydrogen) atoms. The molecule has 1 rings (SSSR count). The number of hydrogen-bond acceptors (Lipinski definition) is 2. The van der Waals surface area contributed by atoms with E-state index in [4.69, 9.17) is 16.3 Å². The number of ether oxygens (including phenoxy) is 1. The van der Waals surface area contributed by atoms with Gasteiger partial charge in [-0.2, -0.15) is 0 Å². The Labute approximate surface area is 122 Å². The molecule has 0 bridgehead atoms. The lowest BCUT2D eigenvalue weighted by molar-refractivity contribution is -0.0730. The molecule has 0 spiro atoms. The first-order chi connectivity index (χ1) is 9.13. The van der Waals surface area contributed by atoms with E-state index in [1.165, 1.54) is 5.56 Å². The summed E-state index contributed by atoms with van der Waals surface area (Å²) in [5.41, 5.74) is 1.03. The maximum atomic E-state index is 6.13. The lowest BCUT2D eigenvalue weighted by atomic mass is 9.83. The van der Waals surface area contributed by atoms with Crippen LogP contribution in [0.4, 0.5) is 0 Å². The summed E-state index contributed by atoms with van der Waals surface area (Å²) < 4.78 is 6.13. The number of likely N-dealkylation sites (N-methyl/N-ethyl adjacent to an activating group) is 1. The quantitative estimate of drug-likeness (QED) is 0.754. The molecule has 0 aliphatic rings. The molecule has 0 amide bonds. The van der Waals surface area contributed by atoms with E-state index >= 15 is 0 Å². The largest absolute Gasteiger partial charge is 0.373 e. The van der Waals surface area contributed by atoms with E-state index in [0.29, 0.717) is 0 Å². The summed E-state index contributed by atoms with van der Waals surface area (Å²) in [6.45, 7) is 10.2. The second kappa shape index (κ2) is 7.88. The van der Waals surface area contributed by atoms with Crippen LogP contribution in [-0.4, -0.2) is 18.8 Å². The Hall–Kier alpha value is -0.570. The van der Waals surface area contributed by atoms with E-state index in [0.717, 1.165) is 31.0 Å². The van der Waals surface area contributed by atoms with E-state index < -0.39 is 0 Å². The van der Waals surface area contributed by atoms with Gasteiger partial charge in [0.05, 0.1) is 11.6 Å². The molecule has 1 atom stereocenters. The predicted molar refractivity (Wildman–Crippen MR) is 82.8 cm³/mol. The fourth-order valence-corrected chi connectivity index (χ4v) is 2.93. The fourth-order valence-electron chi connectivity index (χ4n) is 2.73. The van der Waals surface area contributed by atoms with Gasteiger partial charge in [0.2, 0.25) is 0 Å². The molecule has 0 aliphatic carbocycles. The molecule has 0 radical (unpaired) electrons. The van der Waals surface area contributed by atoms with Gasteiger partial charge in [-0.1, -0.05) is 44.5 Å². The highest BCUT2D eigenvalue weighted by atomic mass is 35.5. The molecule has 0 aliphatic heterocycles. The van der Waals surface area contributed by atoms with Gasteiger partial charge in [0.25, 0.3) is 0 Å². The normalized spacial score (nSPS) is 13.5. The monoisotopic (exact) mass is 283 g/mol. The summed E-state index contributed by atoms with van der Waals surface area (Å²) in [5.74, 6) is 0. The Bertz CT molecular complexity index is 377. The van der Waals surface area contributed by atoms with Crippen LogP contribution in [0, 0.1) is 0 Å². The third kappa shape index (κ3) is 3.95. The third-order valence-corrected chi connectivity index (χ3v) is 3.98. The maximum Gasteiger partial charge on any atom is 0.0870 e. The zero-order chi connectivity index (χ0) is 14.3. The SMILES string of the molecule is CCNC(c1cccc(Cl)c1)C(CC)(CC)OCC. The predicted octanol–water partition coefficient (Wildman–Crippen LogP) is 4.59. The highest BCUT2D eigenvalue weighted by molar-refractivity contribution is 6.30. The van der Waals surface area contributed by atoms with Gasteiger partial charge >= 0.3 is 0 Å². The van der Waals surface area contributed by atoms with Crippen molar-refractivity contribution in [3.8, 4) is 0 Å². The third-order valence-electron chi connectivity index (χ3n) is 3.75. The average Bonchev–Trinajstić information content (AvgIpc) is 2.43. The van der Waals surface area contributed by atoms with Gasteiger partial charge in [-0.15, -0.1) is 0 Å². The number of halogens is 1. The maximum absolute atomic E-state index is 6.13. The summed E-state index contributed by atoms with van der Waals surface area (Å²) in [7, 11) is 0. The Kier molecular flexibility index (Phi) is 6.84. The fraction of sp³-hybridized carbons (Fsp3) is 0.625. The van der Waals surface area contributed by atoms with Crippen molar-refractivity contribution in [2.75, 3.05) is 13.2 Å². The van der Waals surface area contributed by atoms with Crippen molar-refractivity contribution in [2.45, 2.75) is 52.2 Å². The minimum Gasteiger partial charge on any atom is -0.373 e. The molecule has 0 heterocycles. The van der Waals surface area contributed by atoms with Gasteiger partial charge in [-0.25, -0.2) is 0 Å². The van der Waals surface area contributed by atoms with Crippen molar-refractivity contribution in [2.24, 2.45) is 0 Å². The molecule has 0 aromatic heterocycles. The van der Waals surface area contributed by atoms with Crippen LogP contribution < -0.4 is 5.32 Å². The molecule has 1 aromatic carbocycles. The minimum absolute atomic E-state index is 0.171. The first-order valence-electron chi connectivity index (χ1n) is 7.26. The first kappa shape index (κ1) is 16.5. The molecule has 0 fully saturated rings. The molecule has 1 aromatic rings. The standard InChI is InChI=1S/C16H26ClNO/c1-5-16(6-2,19-8-4)15(18-7-3)13-10-9-11-14(17)12-13/h9-12,15,18H,5-8H2,1-4H3. The molecule has 3 heteroatoms. The van der Waals surface area contributed by atoms with Crippen LogP contribution in [0.15, 0.2) is 24.3 Å². The number of hydrogen-bond donors (Lipinski definition) is 1. The van der Waals surface area contributed by atoms with Crippen molar-refractivity contribution < 1.29 is 4.74 Å². The Morgan fingerprint density at radius 2 is 1.89 bits per heavy atom. The lowest BCUT2D eigenvalue weighted by Crippen LogP contribution is -2.45. The molecule has 0 saturated carbocycles. The van der Waals surface area contributed by atoms with Crippen molar-refractivity contribution in [1.82, 2.24) is 5.32 Å². The highest BCUT2D eigenvalue weighted by Gasteiger charge is 2.37. The Morgan fingerprint density at radius 3 is 2.37 bits per heavy atom. The molecule has 1 N–H and O–H groups in total. The zero-order valence-corrected chi connectivity index (χ0v) is 13.3. The van der Waals surface area contributed by atoms with Gasteiger partial charge in [-0.05, 0) is 44.0 Å². The van der Waals surface area contributed by atoms with Crippen LogP contribution in [0.1, 0.15) is 52.1 Å². The first-order valence-corrected chi connectivity index (χ1v) is 7.64. The van der Waals surface area contributed by atoms with Crippen molar-refractivity contribution >= 4 is 11.6 Å². The molecular formula is C16H26ClNO. The second-order valence-corrected chi connectivity index (χ2v) is 5.19. The van der Waals surface area contributed by atoms with Crippen LogP contribution in [0.25, 0.3) is 0 Å². The van der Waals surface area contributed by atoms with E-state index in [1.807, 2.05) is 18.2 Å². The van der Waals surface area contributed by atoms with E-state index in [2.05, 4.69) is 39.1 Å². The number of rotatable bonds is 8. The molecular weight excluding hydrogens is 258 g/mol. The topological polar surface area (TPSA) is 21.3 Å². The Balaban J connectivity index is 3.16. The highest BCUT2D eigenvalue weighted by Crippen LogP contribution is 2.36. The lowest BCUT2D eigenvalue weighted by Gasteiger charge is -2.40. The molecule has 2 nitrogen and oxygen atoms in total. The van der Waals surface area contributed by atoms with Gasteiger partial charge in [-0.3, -0.25) is 0 Å². The van der Waals surface area contributed by atoms with Crippen LogP contribution in [0.2, 0.25) is 5.02 Å². The minimum atomic E-state index is -0.171. The van der Waals surface area contributed by atoms with E-state index in [-0.39, 0.29) is 11.6 Å². The molecule has 108 valence electrons. The molecule has 0 saturated heterocycles. The van der Waals surface area contributed by atoms with Gasteiger partial charge in [0.1, 0.15) is 0 Å². The van der Waals surface area contributed by atoms with Crippen molar-refractivity contribution in [1.29, 1.82) is 0 Å².